The fraction of sp³-hybridized carbons (Fsp3) is 0.257. The zero-order valence-corrected chi connectivity index (χ0v) is 27.0. The number of hydrogen-bond donors (Lipinski definition) is 1. The Morgan fingerprint density at radius 3 is 2.14 bits per heavy atom. The van der Waals surface area contributed by atoms with E-state index in [4.69, 9.17) is 11.6 Å². The van der Waals surface area contributed by atoms with Gasteiger partial charge in [0.1, 0.15) is 12.6 Å². The van der Waals surface area contributed by atoms with Crippen LogP contribution in [0.5, 0.6) is 0 Å². The second-order valence-corrected chi connectivity index (χ2v) is 13.1. The number of sulfonamides is 1. The number of rotatable bonds is 12. The monoisotopic (exact) mass is 631 g/mol. The summed E-state index contributed by atoms with van der Waals surface area (Å²) in [7, 11) is -4.16. The summed E-state index contributed by atoms with van der Waals surface area (Å²) in [4.78, 5) is 29.6. The first-order valence-electron chi connectivity index (χ1n) is 14.5. The molecule has 0 radical (unpaired) electrons. The molecule has 0 aromatic heterocycles. The first kappa shape index (κ1) is 32.8. The van der Waals surface area contributed by atoms with E-state index in [9.17, 15) is 18.0 Å². The molecule has 0 saturated carbocycles. The minimum Gasteiger partial charge on any atom is -0.355 e. The normalized spacial score (nSPS) is 11.9. The van der Waals surface area contributed by atoms with E-state index in [2.05, 4.69) is 5.32 Å². The maximum absolute atomic E-state index is 14.4. The van der Waals surface area contributed by atoms with Crippen molar-refractivity contribution in [1.29, 1.82) is 0 Å². The molecule has 7 nitrogen and oxygen atoms in total. The number of aryl methyl sites for hydroxylation is 3. The number of nitrogens with zero attached hydrogens (tertiary/aromatic N) is 2. The molecule has 1 unspecified atom stereocenters. The van der Waals surface area contributed by atoms with E-state index in [1.807, 2.05) is 70.2 Å². The molecule has 0 aliphatic carbocycles. The Labute approximate surface area is 265 Å². The van der Waals surface area contributed by atoms with Crippen molar-refractivity contribution in [2.24, 2.45) is 0 Å². The lowest BCUT2D eigenvalue weighted by molar-refractivity contribution is -0.140. The average Bonchev–Trinajstić information content (AvgIpc) is 3.00. The maximum atomic E-state index is 14.4. The van der Waals surface area contributed by atoms with Crippen LogP contribution in [0.1, 0.15) is 34.7 Å². The number of likely N-dealkylation sites (N-methyl/N-ethyl adjacent to an activating group) is 1. The molecule has 44 heavy (non-hydrogen) atoms. The van der Waals surface area contributed by atoms with Gasteiger partial charge < -0.3 is 10.2 Å². The fourth-order valence-electron chi connectivity index (χ4n) is 4.92. The Hall–Kier alpha value is -4.14. The highest BCUT2D eigenvalue weighted by Gasteiger charge is 2.34. The Bertz CT molecular complexity index is 1710. The fourth-order valence-corrected chi connectivity index (χ4v) is 6.54. The maximum Gasteiger partial charge on any atom is 0.264 e. The lowest BCUT2D eigenvalue weighted by atomic mass is 10.0. The van der Waals surface area contributed by atoms with Crippen molar-refractivity contribution in [1.82, 2.24) is 10.2 Å². The van der Waals surface area contributed by atoms with Gasteiger partial charge in [0.05, 0.1) is 10.6 Å². The van der Waals surface area contributed by atoms with Crippen molar-refractivity contribution in [3.8, 4) is 0 Å². The number of carbonyl (C=O) groups is 2. The molecule has 230 valence electrons. The number of anilines is 1. The Kier molecular flexibility index (Phi) is 10.8. The predicted octanol–water partition coefficient (Wildman–Crippen LogP) is 6.24. The standard InChI is InChI=1S/C35H38ClN3O4S/c1-5-37-35(41)33(22-28-10-7-6-8-11-28)38(23-29-12-9-13-30(36)21-29)34(40)24-39(31-17-16-26(3)27(4)20-31)44(42,43)32-18-14-25(2)15-19-32/h6-21,33H,5,22-24H2,1-4H3,(H,37,41). The van der Waals surface area contributed by atoms with Gasteiger partial charge in [0.2, 0.25) is 11.8 Å². The summed E-state index contributed by atoms with van der Waals surface area (Å²) in [6.45, 7) is 7.45. The number of hydrogen-bond acceptors (Lipinski definition) is 4. The van der Waals surface area contributed by atoms with Gasteiger partial charge in [-0.25, -0.2) is 8.42 Å². The van der Waals surface area contributed by atoms with Crippen LogP contribution in [0.2, 0.25) is 5.02 Å². The summed E-state index contributed by atoms with van der Waals surface area (Å²) < 4.78 is 29.4. The van der Waals surface area contributed by atoms with Crippen LogP contribution >= 0.6 is 11.6 Å². The smallest absolute Gasteiger partial charge is 0.264 e. The van der Waals surface area contributed by atoms with Crippen LogP contribution < -0.4 is 9.62 Å². The summed E-state index contributed by atoms with van der Waals surface area (Å²) in [6, 6.07) is 27.5. The van der Waals surface area contributed by atoms with Gasteiger partial charge >= 0.3 is 0 Å². The molecule has 0 bridgehead atoms. The van der Waals surface area contributed by atoms with Gasteiger partial charge in [-0.1, -0.05) is 77.8 Å². The molecule has 0 heterocycles. The van der Waals surface area contributed by atoms with Crippen molar-refractivity contribution in [3.05, 3.63) is 130 Å². The third-order valence-corrected chi connectivity index (χ3v) is 9.55. The molecule has 2 amide bonds. The molecule has 0 spiro atoms. The highest BCUT2D eigenvalue weighted by atomic mass is 35.5. The number of benzene rings is 4. The molecular weight excluding hydrogens is 594 g/mol. The largest absolute Gasteiger partial charge is 0.355 e. The Balaban J connectivity index is 1.81. The molecule has 0 aliphatic heterocycles. The van der Waals surface area contributed by atoms with Crippen LogP contribution in [0.25, 0.3) is 0 Å². The van der Waals surface area contributed by atoms with Crippen LogP contribution in [0.15, 0.2) is 102 Å². The minimum atomic E-state index is -4.16. The van der Waals surface area contributed by atoms with Gasteiger partial charge in [-0.2, -0.15) is 0 Å². The number of nitrogens with one attached hydrogen (secondary N) is 1. The second-order valence-electron chi connectivity index (χ2n) is 10.8. The zero-order valence-electron chi connectivity index (χ0n) is 25.5. The Morgan fingerprint density at radius 2 is 1.50 bits per heavy atom. The van der Waals surface area contributed by atoms with Crippen molar-refractivity contribution >= 4 is 39.1 Å². The van der Waals surface area contributed by atoms with E-state index in [-0.39, 0.29) is 23.8 Å². The Morgan fingerprint density at radius 1 is 0.818 bits per heavy atom. The van der Waals surface area contributed by atoms with E-state index in [1.54, 1.807) is 54.6 Å². The third kappa shape index (κ3) is 8.07. The molecule has 1 atom stereocenters. The summed E-state index contributed by atoms with van der Waals surface area (Å²) in [5, 5.41) is 3.36. The quantitative estimate of drug-likeness (QED) is 0.201. The minimum absolute atomic E-state index is 0.0549. The molecule has 4 aromatic carbocycles. The lowest BCUT2D eigenvalue weighted by Crippen LogP contribution is -2.53. The summed E-state index contributed by atoms with van der Waals surface area (Å²) >= 11 is 6.29. The lowest BCUT2D eigenvalue weighted by Gasteiger charge is -2.34. The molecule has 0 saturated heterocycles. The first-order chi connectivity index (χ1) is 21.0. The van der Waals surface area contributed by atoms with Crippen molar-refractivity contribution < 1.29 is 18.0 Å². The van der Waals surface area contributed by atoms with Crippen LogP contribution in [-0.2, 0) is 32.6 Å². The average molecular weight is 632 g/mol. The molecular formula is C35H38ClN3O4S. The molecule has 4 rings (SSSR count). The second kappa shape index (κ2) is 14.6. The molecule has 0 aliphatic rings. The number of amides is 2. The molecule has 0 fully saturated rings. The summed E-state index contributed by atoms with van der Waals surface area (Å²) in [6.07, 6.45) is 0.243. The summed E-state index contributed by atoms with van der Waals surface area (Å²) in [5.41, 5.74) is 4.74. The summed E-state index contributed by atoms with van der Waals surface area (Å²) in [5.74, 6) is -0.850. The topological polar surface area (TPSA) is 86.8 Å². The van der Waals surface area contributed by atoms with E-state index in [0.717, 1.165) is 26.6 Å². The number of carbonyl (C=O) groups excluding carboxylic acids is 2. The highest BCUT2D eigenvalue weighted by molar-refractivity contribution is 7.92. The molecule has 9 heteroatoms. The molecule has 4 aromatic rings. The van der Waals surface area contributed by atoms with Gasteiger partial charge in [0.15, 0.2) is 0 Å². The van der Waals surface area contributed by atoms with Crippen molar-refractivity contribution in [2.45, 2.75) is 51.6 Å². The van der Waals surface area contributed by atoms with E-state index in [1.165, 1.54) is 4.90 Å². The zero-order chi connectivity index (χ0) is 31.9. The first-order valence-corrected chi connectivity index (χ1v) is 16.3. The van der Waals surface area contributed by atoms with Crippen LogP contribution in [0.4, 0.5) is 5.69 Å². The van der Waals surface area contributed by atoms with Gasteiger partial charge in [-0.3, -0.25) is 13.9 Å². The SMILES string of the molecule is CCNC(=O)C(Cc1ccccc1)N(Cc1cccc(Cl)c1)C(=O)CN(c1ccc(C)c(C)c1)S(=O)(=O)c1ccc(C)cc1. The van der Waals surface area contributed by atoms with Gasteiger partial charge in [-0.05, 0) is 86.3 Å². The van der Waals surface area contributed by atoms with Gasteiger partial charge in [0.25, 0.3) is 10.0 Å². The van der Waals surface area contributed by atoms with Crippen LogP contribution in [0, 0.1) is 20.8 Å². The van der Waals surface area contributed by atoms with Crippen molar-refractivity contribution in [3.63, 3.8) is 0 Å². The van der Waals surface area contributed by atoms with E-state index >= 15 is 0 Å². The molecule has 1 N–H and O–H groups in total. The van der Waals surface area contributed by atoms with Gasteiger partial charge in [0, 0.05) is 24.5 Å². The van der Waals surface area contributed by atoms with Gasteiger partial charge in [-0.15, -0.1) is 0 Å². The van der Waals surface area contributed by atoms with Crippen LogP contribution in [0.3, 0.4) is 0 Å². The number of halogens is 1. The predicted molar refractivity (Wildman–Crippen MR) is 176 cm³/mol. The van der Waals surface area contributed by atoms with Crippen molar-refractivity contribution in [2.75, 3.05) is 17.4 Å². The van der Waals surface area contributed by atoms with E-state index in [0.29, 0.717) is 22.8 Å². The van der Waals surface area contributed by atoms with E-state index < -0.39 is 28.5 Å². The third-order valence-electron chi connectivity index (χ3n) is 7.53. The van der Waals surface area contributed by atoms with Crippen LogP contribution in [-0.4, -0.2) is 44.3 Å². The highest BCUT2D eigenvalue weighted by Crippen LogP contribution is 2.27.